The second-order valence-corrected chi connectivity index (χ2v) is 11.0. The monoisotopic (exact) mass is 430 g/mol. The molecule has 2 fully saturated rings. The normalized spacial score (nSPS) is 19.2. The van der Waals surface area contributed by atoms with Crippen molar-refractivity contribution >= 4 is 26.0 Å². The van der Waals surface area contributed by atoms with Crippen LogP contribution in [0.2, 0.25) is 0 Å². The molecular weight excluding hydrogens is 404 g/mol. The molecule has 11 heteroatoms. The Labute approximate surface area is 166 Å². The van der Waals surface area contributed by atoms with Crippen LogP contribution in [-0.2, 0) is 24.8 Å². The van der Waals surface area contributed by atoms with Crippen LogP contribution >= 0.6 is 0 Å². The number of rotatable bonds is 7. The molecule has 0 radical (unpaired) electrons. The maximum atomic E-state index is 12.8. The minimum atomic E-state index is -3.74. The number of amides is 1. The summed E-state index contributed by atoms with van der Waals surface area (Å²) in [6.45, 7) is 1.39. The molecule has 1 amide bonds. The van der Waals surface area contributed by atoms with Gasteiger partial charge in [-0.2, -0.15) is 4.31 Å². The van der Waals surface area contributed by atoms with Crippen LogP contribution in [0, 0.1) is 0 Å². The highest BCUT2D eigenvalue weighted by Crippen LogP contribution is 2.24. The lowest BCUT2D eigenvalue weighted by Gasteiger charge is -2.34. The fourth-order valence-electron chi connectivity index (χ4n) is 2.98. The predicted molar refractivity (Wildman–Crippen MR) is 104 cm³/mol. The number of hydrogen-bond acceptors (Lipinski definition) is 6. The standard InChI is InChI=1S/C17H26N4O5S2/c1-19(2)13-17(22)20-9-11-21(12-10-20)28(25,26)16-7-5-15(6-8-16)27(23,24)18-14-3-4-14/h5-8,14,18H,3-4,9-13H2,1-2H3. The first-order chi connectivity index (χ1) is 13.1. The van der Waals surface area contributed by atoms with Crippen LogP contribution in [0.3, 0.4) is 0 Å². The molecule has 9 nitrogen and oxygen atoms in total. The van der Waals surface area contributed by atoms with Crippen LogP contribution in [0.1, 0.15) is 12.8 Å². The van der Waals surface area contributed by atoms with Crippen molar-refractivity contribution < 1.29 is 21.6 Å². The first-order valence-electron chi connectivity index (χ1n) is 9.15. The highest BCUT2D eigenvalue weighted by atomic mass is 32.2. The Hall–Kier alpha value is -1.53. The number of nitrogens with one attached hydrogen (secondary N) is 1. The summed E-state index contributed by atoms with van der Waals surface area (Å²) < 4.78 is 54.0. The molecule has 1 aliphatic heterocycles. The second-order valence-electron chi connectivity index (χ2n) is 7.39. The van der Waals surface area contributed by atoms with E-state index in [0.29, 0.717) is 13.1 Å². The molecule has 0 spiro atoms. The van der Waals surface area contributed by atoms with Crippen LogP contribution in [-0.4, -0.2) is 89.7 Å². The largest absolute Gasteiger partial charge is 0.339 e. The molecule has 0 bridgehead atoms. The molecule has 0 atom stereocenters. The van der Waals surface area contributed by atoms with Crippen LogP contribution in [0.15, 0.2) is 34.1 Å². The van der Waals surface area contributed by atoms with E-state index >= 15 is 0 Å². The van der Waals surface area contributed by atoms with Gasteiger partial charge in [-0.25, -0.2) is 21.6 Å². The maximum Gasteiger partial charge on any atom is 0.243 e. The van der Waals surface area contributed by atoms with Gasteiger partial charge < -0.3 is 9.80 Å². The molecule has 1 aromatic rings. The molecule has 0 aromatic heterocycles. The van der Waals surface area contributed by atoms with Crippen molar-refractivity contribution in [3.05, 3.63) is 24.3 Å². The highest BCUT2D eigenvalue weighted by Gasteiger charge is 2.31. The molecule has 1 aliphatic carbocycles. The van der Waals surface area contributed by atoms with Crippen molar-refractivity contribution in [2.45, 2.75) is 28.7 Å². The third-order valence-corrected chi connectivity index (χ3v) is 8.16. The Bertz CT molecular complexity index is 917. The Morgan fingerprint density at radius 3 is 2.04 bits per heavy atom. The molecule has 1 heterocycles. The molecular formula is C17H26N4O5S2. The number of carbonyl (C=O) groups excluding carboxylic acids is 1. The van der Waals surface area contributed by atoms with E-state index in [1.807, 2.05) is 14.1 Å². The van der Waals surface area contributed by atoms with Crippen LogP contribution in [0.5, 0.6) is 0 Å². The van der Waals surface area contributed by atoms with E-state index in [0.717, 1.165) is 12.8 Å². The maximum absolute atomic E-state index is 12.8. The molecule has 3 rings (SSSR count). The van der Waals surface area contributed by atoms with Gasteiger partial charge in [0, 0.05) is 32.2 Å². The van der Waals surface area contributed by atoms with Gasteiger partial charge in [-0.1, -0.05) is 0 Å². The fraction of sp³-hybridized carbons (Fsp3) is 0.588. The van der Waals surface area contributed by atoms with Crippen molar-refractivity contribution in [3.63, 3.8) is 0 Å². The third-order valence-electron chi connectivity index (χ3n) is 4.71. The summed E-state index contributed by atoms with van der Waals surface area (Å²) >= 11 is 0. The summed E-state index contributed by atoms with van der Waals surface area (Å²) in [5, 5.41) is 0. The topological polar surface area (TPSA) is 107 Å². The molecule has 1 aromatic carbocycles. The van der Waals surface area contributed by atoms with Crippen molar-refractivity contribution in [2.24, 2.45) is 0 Å². The Morgan fingerprint density at radius 1 is 1.00 bits per heavy atom. The third kappa shape index (κ3) is 4.90. The fourth-order valence-corrected chi connectivity index (χ4v) is 5.70. The zero-order valence-corrected chi connectivity index (χ0v) is 17.7. The first-order valence-corrected chi connectivity index (χ1v) is 12.1. The lowest BCUT2D eigenvalue weighted by molar-refractivity contribution is -0.133. The van der Waals surface area contributed by atoms with Gasteiger partial charge in [-0.05, 0) is 51.2 Å². The zero-order valence-electron chi connectivity index (χ0n) is 16.0. The smallest absolute Gasteiger partial charge is 0.243 e. The van der Waals surface area contributed by atoms with Crippen LogP contribution < -0.4 is 4.72 Å². The summed E-state index contributed by atoms with van der Waals surface area (Å²) in [6, 6.07) is 5.25. The Kier molecular flexibility index (Phi) is 6.11. The van der Waals surface area contributed by atoms with E-state index in [2.05, 4.69) is 4.72 Å². The van der Waals surface area contributed by atoms with Gasteiger partial charge in [0.15, 0.2) is 0 Å². The minimum absolute atomic E-state index is 0.0140. The van der Waals surface area contributed by atoms with Gasteiger partial charge in [0.1, 0.15) is 0 Å². The van der Waals surface area contributed by atoms with Gasteiger partial charge in [0.2, 0.25) is 26.0 Å². The summed E-state index contributed by atoms with van der Waals surface area (Å²) in [5.74, 6) is -0.0280. The lowest BCUT2D eigenvalue weighted by atomic mass is 10.3. The first kappa shape index (κ1) is 21.2. The number of nitrogens with zero attached hydrogens (tertiary/aromatic N) is 3. The van der Waals surface area contributed by atoms with E-state index in [9.17, 15) is 21.6 Å². The SMILES string of the molecule is CN(C)CC(=O)N1CCN(S(=O)(=O)c2ccc(S(=O)(=O)NC3CC3)cc2)CC1. The van der Waals surface area contributed by atoms with Crippen molar-refractivity contribution in [2.75, 3.05) is 46.8 Å². The van der Waals surface area contributed by atoms with E-state index < -0.39 is 20.0 Å². The van der Waals surface area contributed by atoms with E-state index in [1.165, 1.54) is 28.6 Å². The van der Waals surface area contributed by atoms with Crippen LogP contribution in [0.4, 0.5) is 0 Å². The lowest BCUT2D eigenvalue weighted by Crippen LogP contribution is -2.52. The molecule has 156 valence electrons. The van der Waals surface area contributed by atoms with Gasteiger partial charge >= 0.3 is 0 Å². The van der Waals surface area contributed by atoms with Gasteiger partial charge in [-0.15, -0.1) is 0 Å². The van der Waals surface area contributed by atoms with E-state index in [-0.39, 0.29) is 41.4 Å². The highest BCUT2D eigenvalue weighted by molar-refractivity contribution is 7.89. The van der Waals surface area contributed by atoms with Crippen molar-refractivity contribution in [1.29, 1.82) is 0 Å². The van der Waals surface area contributed by atoms with E-state index in [1.54, 1.807) is 9.80 Å². The van der Waals surface area contributed by atoms with Gasteiger partial charge in [0.05, 0.1) is 16.3 Å². The second kappa shape index (κ2) is 8.07. The number of benzene rings is 1. The minimum Gasteiger partial charge on any atom is -0.339 e. The van der Waals surface area contributed by atoms with E-state index in [4.69, 9.17) is 0 Å². The summed E-state index contributed by atoms with van der Waals surface area (Å²) in [5.41, 5.74) is 0. The Morgan fingerprint density at radius 2 is 1.54 bits per heavy atom. The van der Waals surface area contributed by atoms with Crippen molar-refractivity contribution in [1.82, 2.24) is 18.8 Å². The number of sulfonamides is 2. The number of likely N-dealkylation sites (N-methyl/N-ethyl adjacent to an activating group) is 1. The number of piperazine rings is 1. The summed E-state index contributed by atoms with van der Waals surface area (Å²) in [4.78, 5) is 15.6. The molecule has 1 saturated heterocycles. The summed E-state index contributed by atoms with van der Waals surface area (Å²) in [7, 11) is -3.74. The average Bonchev–Trinajstić information content (AvgIpc) is 3.44. The molecule has 1 saturated carbocycles. The molecule has 0 unspecified atom stereocenters. The summed E-state index contributed by atoms with van der Waals surface area (Å²) in [6.07, 6.45) is 1.66. The van der Waals surface area contributed by atoms with Crippen LogP contribution in [0.25, 0.3) is 0 Å². The predicted octanol–water partition coefficient (Wildman–Crippen LogP) is -0.478. The van der Waals surface area contributed by atoms with Crippen molar-refractivity contribution in [3.8, 4) is 0 Å². The number of carbonyl (C=O) groups is 1. The molecule has 1 N–H and O–H groups in total. The molecule has 2 aliphatic rings. The number of hydrogen-bond donors (Lipinski definition) is 1. The quantitative estimate of drug-likeness (QED) is 0.626. The zero-order chi connectivity index (χ0) is 20.5. The van der Waals surface area contributed by atoms with Gasteiger partial charge in [0.25, 0.3) is 0 Å². The van der Waals surface area contributed by atoms with Gasteiger partial charge in [-0.3, -0.25) is 4.79 Å². The average molecular weight is 431 g/mol. The molecule has 28 heavy (non-hydrogen) atoms. The Balaban J connectivity index is 1.65.